The Hall–Kier alpha value is 0.350. The molecule has 16 heavy (non-hydrogen) atoms. The van der Waals surface area contributed by atoms with E-state index in [1.165, 1.54) is 5.56 Å². The summed E-state index contributed by atoms with van der Waals surface area (Å²) in [5.41, 5.74) is 1.20. The highest BCUT2D eigenvalue weighted by Crippen LogP contribution is 2.27. The molecule has 0 spiro atoms. The van der Waals surface area contributed by atoms with Gasteiger partial charge < -0.3 is 9.47 Å². The predicted molar refractivity (Wildman–Crippen MR) is 78.2 cm³/mol. The summed E-state index contributed by atoms with van der Waals surface area (Å²) in [7, 11) is 0. The minimum absolute atomic E-state index is 0.136. The van der Waals surface area contributed by atoms with Gasteiger partial charge in [0.1, 0.15) is 0 Å². The average Bonchev–Trinajstić information content (AvgIpc) is 2.31. The first-order valence-corrected chi connectivity index (χ1v) is 7.61. The van der Waals surface area contributed by atoms with Crippen molar-refractivity contribution in [2.24, 2.45) is 0 Å². The van der Waals surface area contributed by atoms with Gasteiger partial charge in [0.05, 0.1) is 19.3 Å². The van der Waals surface area contributed by atoms with Crippen LogP contribution in [0.2, 0.25) is 0 Å². The Morgan fingerprint density at radius 1 is 1.31 bits per heavy atom. The fraction of sp³-hybridized carbons (Fsp3) is 0.500. The largest absolute Gasteiger partial charge is 0.379 e. The quantitative estimate of drug-likeness (QED) is 0.393. The molecule has 4 heteroatoms. The van der Waals surface area contributed by atoms with Gasteiger partial charge in [0.25, 0.3) is 0 Å². The molecule has 0 saturated heterocycles. The summed E-state index contributed by atoms with van der Waals surface area (Å²) < 4.78 is 13.1. The number of benzene rings is 1. The van der Waals surface area contributed by atoms with E-state index in [9.17, 15) is 0 Å². The molecule has 2 nitrogen and oxygen atoms in total. The maximum Gasteiger partial charge on any atom is 0.0926 e. The van der Waals surface area contributed by atoms with E-state index < -0.39 is 0 Å². The van der Waals surface area contributed by atoms with Crippen molar-refractivity contribution in [3.8, 4) is 0 Å². The highest BCUT2D eigenvalue weighted by molar-refractivity contribution is 14.1. The Balaban J connectivity index is 2.51. The molecule has 0 amide bonds. The molecule has 0 aliphatic rings. The Labute approximate surface area is 119 Å². The molecule has 0 aliphatic heterocycles. The molecule has 0 N–H and O–H groups in total. The molecule has 0 bridgehead atoms. The molecule has 1 atom stereocenters. The smallest absolute Gasteiger partial charge is 0.0926 e. The standard InChI is InChI=1S/C12H16BrIO2/c1-2-15-7-8-16-12(9-14)10-5-3-4-6-11(10)13/h3-6,12H,2,7-9H2,1H3. The minimum atomic E-state index is 0.136. The first-order chi connectivity index (χ1) is 7.79. The lowest BCUT2D eigenvalue weighted by atomic mass is 10.1. The van der Waals surface area contributed by atoms with E-state index in [-0.39, 0.29) is 6.10 Å². The van der Waals surface area contributed by atoms with Gasteiger partial charge in [-0.25, -0.2) is 0 Å². The van der Waals surface area contributed by atoms with Crippen LogP contribution >= 0.6 is 38.5 Å². The molecule has 0 aliphatic carbocycles. The van der Waals surface area contributed by atoms with E-state index in [2.05, 4.69) is 44.6 Å². The van der Waals surface area contributed by atoms with Crippen molar-refractivity contribution < 1.29 is 9.47 Å². The third-order valence-corrected chi connectivity index (χ3v) is 3.67. The topological polar surface area (TPSA) is 18.5 Å². The fourth-order valence-electron chi connectivity index (χ4n) is 1.35. The maximum atomic E-state index is 5.80. The van der Waals surface area contributed by atoms with Crippen LogP contribution in [0.15, 0.2) is 28.7 Å². The highest BCUT2D eigenvalue weighted by atomic mass is 127. The van der Waals surface area contributed by atoms with E-state index in [1.54, 1.807) is 0 Å². The molecule has 1 rings (SSSR count). The van der Waals surface area contributed by atoms with Crippen molar-refractivity contribution in [1.82, 2.24) is 0 Å². The molecule has 1 aromatic rings. The monoisotopic (exact) mass is 398 g/mol. The summed E-state index contributed by atoms with van der Waals surface area (Å²) in [5, 5.41) is 0. The van der Waals surface area contributed by atoms with E-state index in [0.29, 0.717) is 13.2 Å². The lowest BCUT2D eigenvalue weighted by Gasteiger charge is -2.17. The summed E-state index contributed by atoms with van der Waals surface area (Å²) >= 11 is 5.89. The van der Waals surface area contributed by atoms with Gasteiger partial charge >= 0.3 is 0 Å². The van der Waals surface area contributed by atoms with Crippen molar-refractivity contribution in [2.45, 2.75) is 13.0 Å². The van der Waals surface area contributed by atoms with E-state index >= 15 is 0 Å². The number of rotatable bonds is 7. The Bertz CT molecular complexity index is 307. The Kier molecular flexibility index (Phi) is 7.60. The molecule has 0 heterocycles. The van der Waals surface area contributed by atoms with Crippen LogP contribution in [0.1, 0.15) is 18.6 Å². The summed E-state index contributed by atoms with van der Waals surface area (Å²) in [6.45, 7) is 4.04. The summed E-state index contributed by atoms with van der Waals surface area (Å²) in [6.07, 6.45) is 0.136. The number of halogens is 2. The van der Waals surface area contributed by atoms with Crippen LogP contribution in [-0.4, -0.2) is 24.2 Å². The lowest BCUT2D eigenvalue weighted by Crippen LogP contribution is -2.11. The third-order valence-electron chi connectivity index (χ3n) is 2.14. The van der Waals surface area contributed by atoms with Crippen molar-refractivity contribution in [3.05, 3.63) is 34.3 Å². The SMILES string of the molecule is CCOCCOC(CI)c1ccccc1Br. The molecular weight excluding hydrogens is 383 g/mol. The Morgan fingerprint density at radius 3 is 2.69 bits per heavy atom. The van der Waals surface area contributed by atoms with Crippen molar-refractivity contribution >= 4 is 38.5 Å². The van der Waals surface area contributed by atoms with Crippen molar-refractivity contribution in [2.75, 3.05) is 24.2 Å². The van der Waals surface area contributed by atoms with Crippen LogP contribution < -0.4 is 0 Å². The van der Waals surface area contributed by atoms with Crippen LogP contribution in [0.4, 0.5) is 0 Å². The number of hydrogen-bond donors (Lipinski definition) is 0. The molecular formula is C12H16BrIO2. The van der Waals surface area contributed by atoms with Crippen LogP contribution in [0.3, 0.4) is 0 Å². The molecule has 1 unspecified atom stereocenters. The Morgan fingerprint density at radius 2 is 2.06 bits per heavy atom. The average molecular weight is 399 g/mol. The number of ether oxygens (including phenoxy) is 2. The second-order valence-electron chi connectivity index (χ2n) is 3.23. The van der Waals surface area contributed by atoms with Gasteiger partial charge in [-0.2, -0.15) is 0 Å². The van der Waals surface area contributed by atoms with Gasteiger partial charge in [-0.15, -0.1) is 0 Å². The van der Waals surface area contributed by atoms with E-state index in [0.717, 1.165) is 15.5 Å². The van der Waals surface area contributed by atoms with Gasteiger partial charge in [0, 0.05) is 15.5 Å². The molecule has 0 fully saturated rings. The zero-order chi connectivity index (χ0) is 11.8. The van der Waals surface area contributed by atoms with E-state index in [4.69, 9.17) is 9.47 Å². The molecule has 1 aromatic carbocycles. The summed E-state index contributed by atoms with van der Waals surface area (Å²) in [5.74, 6) is 0. The normalized spacial score (nSPS) is 12.7. The van der Waals surface area contributed by atoms with Crippen LogP contribution in [0, 0.1) is 0 Å². The summed E-state index contributed by atoms with van der Waals surface area (Å²) in [4.78, 5) is 0. The highest BCUT2D eigenvalue weighted by Gasteiger charge is 2.12. The molecule has 0 aromatic heterocycles. The third kappa shape index (κ3) is 4.69. The molecule has 90 valence electrons. The van der Waals surface area contributed by atoms with Gasteiger partial charge in [-0.1, -0.05) is 56.7 Å². The van der Waals surface area contributed by atoms with Gasteiger partial charge in [-0.05, 0) is 18.6 Å². The first-order valence-electron chi connectivity index (χ1n) is 5.29. The lowest BCUT2D eigenvalue weighted by molar-refractivity contribution is 0.0175. The van der Waals surface area contributed by atoms with Crippen LogP contribution in [-0.2, 0) is 9.47 Å². The van der Waals surface area contributed by atoms with Gasteiger partial charge in [-0.3, -0.25) is 0 Å². The van der Waals surface area contributed by atoms with Crippen molar-refractivity contribution in [3.63, 3.8) is 0 Å². The van der Waals surface area contributed by atoms with Gasteiger partial charge in [0.15, 0.2) is 0 Å². The maximum absolute atomic E-state index is 5.80. The fourth-order valence-corrected chi connectivity index (χ4v) is 2.62. The zero-order valence-corrected chi connectivity index (χ0v) is 13.0. The molecule has 0 saturated carbocycles. The van der Waals surface area contributed by atoms with Crippen LogP contribution in [0.25, 0.3) is 0 Å². The van der Waals surface area contributed by atoms with Crippen molar-refractivity contribution in [1.29, 1.82) is 0 Å². The second-order valence-corrected chi connectivity index (χ2v) is 4.97. The number of hydrogen-bond acceptors (Lipinski definition) is 2. The first kappa shape index (κ1) is 14.4. The zero-order valence-electron chi connectivity index (χ0n) is 9.29. The number of alkyl halides is 1. The molecule has 0 radical (unpaired) electrons. The second kappa shape index (κ2) is 8.44. The van der Waals surface area contributed by atoms with Crippen LogP contribution in [0.5, 0.6) is 0 Å². The minimum Gasteiger partial charge on any atom is -0.379 e. The summed E-state index contributed by atoms with van der Waals surface area (Å²) in [6, 6.07) is 8.18. The van der Waals surface area contributed by atoms with Gasteiger partial charge in [0.2, 0.25) is 0 Å². The van der Waals surface area contributed by atoms with E-state index in [1.807, 2.05) is 25.1 Å². The predicted octanol–water partition coefficient (Wildman–Crippen LogP) is 3.98.